The lowest BCUT2D eigenvalue weighted by Gasteiger charge is -2.35. The van der Waals surface area contributed by atoms with E-state index in [9.17, 15) is 9.90 Å². The topological polar surface area (TPSA) is 104 Å². The Morgan fingerprint density at radius 3 is 2.86 bits per heavy atom. The van der Waals surface area contributed by atoms with Crippen LogP contribution >= 0.6 is 11.5 Å². The molecule has 0 saturated carbocycles. The van der Waals surface area contributed by atoms with Crippen LogP contribution in [0.25, 0.3) is 21.6 Å². The summed E-state index contributed by atoms with van der Waals surface area (Å²) in [6.45, 7) is 9.37. The molecule has 4 rings (SSSR count). The lowest BCUT2D eigenvalue weighted by atomic mass is 9.84. The zero-order chi connectivity index (χ0) is 20.1. The Balaban J connectivity index is 1.96. The van der Waals surface area contributed by atoms with E-state index in [1.54, 1.807) is 13.8 Å². The van der Waals surface area contributed by atoms with Gasteiger partial charge in [0.1, 0.15) is 17.0 Å². The molecule has 1 fully saturated rings. The molecule has 1 saturated heterocycles. The summed E-state index contributed by atoms with van der Waals surface area (Å²) in [6.07, 6.45) is 0. The number of H-pyrrole nitrogens is 1. The molecule has 1 aliphatic rings. The van der Waals surface area contributed by atoms with Gasteiger partial charge in [-0.1, -0.05) is 0 Å². The van der Waals surface area contributed by atoms with Gasteiger partial charge >= 0.3 is 5.97 Å². The minimum Gasteiger partial charge on any atom is -0.481 e. The fourth-order valence-electron chi connectivity index (χ4n) is 3.42. The summed E-state index contributed by atoms with van der Waals surface area (Å²) in [6, 6.07) is 3.98. The number of fused-ring (bicyclic) bond motifs is 1. The van der Waals surface area contributed by atoms with Crippen LogP contribution < -0.4 is 4.90 Å². The van der Waals surface area contributed by atoms with E-state index >= 15 is 0 Å². The highest BCUT2D eigenvalue weighted by Crippen LogP contribution is 2.39. The standard InChI is InChI=1S/C19H23N5O3S/c1-10-7-13(22-21-10)15-16-17(28-23-15)12(19(3,4)18(25)26)8-14(20-16)24-5-6-27-9-11(24)2/h7-8,11H,5-6,9H2,1-4H3,(H,21,22)(H,25,26)/t11-/m1/s1. The smallest absolute Gasteiger partial charge is 0.313 e. The maximum Gasteiger partial charge on any atom is 0.313 e. The van der Waals surface area contributed by atoms with Crippen LogP contribution in [0.5, 0.6) is 0 Å². The van der Waals surface area contributed by atoms with E-state index in [0.717, 1.165) is 27.5 Å². The molecule has 0 amide bonds. The average Bonchev–Trinajstić information content (AvgIpc) is 3.26. The number of hydrogen-bond acceptors (Lipinski definition) is 7. The van der Waals surface area contributed by atoms with E-state index in [4.69, 9.17) is 9.72 Å². The summed E-state index contributed by atoms with van der Waals surface area (Å²) < 4.78 is 10.9. The fraction of sp³-hybridized carbons (Fsp3) is 0.474. The largest absolute Gasteiger partial charge is 0.481 e. The fourth-order valence-corrected chi connectivity index (χ4v) is 4.43. The summed E-state index contributed by atoms with van der Waals surface area (Å²) in [4.78, 5) is 19.1. The van der Waals surface area contributed by atoms with E-state index in [-0.39, 0.29) is 6.04 Å². The van der Waals surface area contributed by atoms with Crippen LogP contribution in [0.1, 0.15) is 32.0 Å². The molecule has 1 atom stereocenters. The lowest BCUT2D eigenvalue weighted by molar-refractivity contribution is -0.142. The van der Waals surface area contributed by atoms with Crippen molar-refractivity contribution in [3.05, 3.63) is 23.4 Å². The van der Waals surface area contributed by atoms with Crippen molar-refractivity contribution in [1.82, 2.24) is 19.6 Å². The maximum atomic E-state index is 12.0. The lowest BCUT2D eigenvalue weighted by Crippen LogP contribution is -2.44. The third-order valence-corrected chi connectivity index (χ3v) is 6.11. The van der Waals surface area contributed by atoms with Gasteiger partial charge in [-0.15, -0.1) is 0 Å². The number of carboxylic acid groups (broad SMARTS) is 1. The third-order valence-electron chi connectivity index (χ3n) is 5.24. The number of rotatable bonds is 4. The molecule has 2 N–H and O–H groups in total. The SMILES string of the molecule is Cc1cc(-c2nsc3c(C(C)(C)C(=O)O)cc(N4CCOC[C@H]4C)nc23)[nH]n1. The molecule has 3 aromatic rings. The zero-order valence-corrected chi connectivity index (χ0v) is 17.1. The number of nitrogens with zero attached hydrogens (tertiary/aromatic N) is 4. The zero-order valence-electron chi connectivity index (χ0n) is 16.3. The van der Waals surface area contributed by atoms with Crippen molar-refractivity contribution >= 4 is 33.5 Å². The molecule has 3 aromatic heterocycles. The molecule has 0 spiro atoms. The van der Waals surface area contributed by atoms with Crippen LogP contribution in [0.2, 0.25) is 0 Å². The van der Waals surface area contributed by atoms with Gasteiger partial charge in [-0.05, 0) is 56.9 Å². The van der Waals surface area contributed by atoms with Gasteiger partial charge in [-0.25, -0.2) is 4.98 Å². The van der Waals surface area contributed by atoms with E-state index in [1.807, 2.05) is 19.1 Å². The van der Waals surface area contributed by atoms with Gasteiger partial charge in [0, 0.05) is 6.54 Å². The van der Waals surface area contributed by atoms with Crippen molar-refractivity contribution in [2.45, 2.75) is 39.2 Å². The van der Waals surface area contributed by atoms with Crippen molar-refractivity contribution < 1.29 is 14.6 Å². The van der Waals surface area contributed by atoms with Crippen LogP contribution in [0, 0.1) is 6.92 Å². The van der Waals surface area contributed by atoms with Gasteiger partial charge in [0.2, 0.25) is 0 Å². The second-order valence-corrected chi connectivity index (χ2v) is 8.48. The summed E-state index contributed by atoms with van der Waals surface area (Å²) in [5.74, 6) is -0.126. The minimum absolute atomic E-state index is 0.156. The minimum atomic E-state index is -1.07. The number of aliphatic carboxylic acids is 1. The molecular weight excluding hydrogens is 378 g/mol. The third kappa shape index (κ3) is 3.04. The molecule has 9 heteroatoms. The first kappa shape index (κ1) is 18.8. The number of nitrogens with one attached hydrogen (secondary N) is 1. The van der Waals surface area contributed by atoms with Crippen molar-refractivity contribution in [1.29, 1.82) is 0 Å². The summed E-state index contributed by atoms with van der Waals surface area (Å²) in [7, 11) is 0. The monoisotopic (exact) mass is 401 g/mol. The Bertz CT molecular complexity index is 1040. The van der Waals surface area contributed by atoms with Crippen molar-refractivity contribution in [3.8, 4) is 11.4 Å². The quantitative estimate of drug-likeness (QED) is 0.692. The number of morpholine rings is 1. The van der Waals surface area contributed by atoms with E-state index < -0.39 is 11.4 Å². The number of aromatic amines is 1. The number of aryl methyl sites for hydroxylation is 1. The molecule has 4 heterocycles. The number of carbonyl (C=O) groups is 1. The van der Waals surface area contributed by atoms with E-state index in [0.29, 0.717) is 31.0 Å². The number of anilines is 1. The molecule has 0 bridgehead atoms. The summed E-state index contributed by atoms with van der Waals surface area (Å²) in [5.41, 5.74) is 2.69. The predicted molar refractivity (Wildman–Crippen MR) is 108 cm³/mol. The maximum absolute atomic E-state index is 12.0. The Labute approximate surface area is 166 Å². The van der Waals surface area contributed by atoms with E-state index in [1.165, 1.54) is 11.5 Å². The number of carboxylic acids is 1. The van der Waals surface area contributed by atoms with E-state index in [2.05, 4.69) is 26.4 Å². The van der Waals surface area contributed by atoms with Crippen LogP contribution in [-0.2, 0) is 14.9 Å². The van der Waals surface area contributed by atoms with Gasteiger partial charge in [-0.3, -0.25) is 9.89 Å². The Kier molecular flexibility index (Phi) is 4.59. The normalized spacial score (nSPS) is 18.0. The number of pyridine rings is 1. The van der Waals surface area contributed by atoms with Gasteiger partial charge in [0.15, 0.2) is 0 Å². The highest BCUT2D eigenvalue weighted by atomic mass is 32.1. The summed E-state index contributed by atoms with van der Waals surface area (Å²) in [5, 5.41) is 17.0. The second-order valence-electron chi connectivity index (χ2n) is 7.71. The molecule has 8 nitrogen and oxygen atoms in total. The van der Waals surface area contributed by atoms with Crippen LogP contribution in [0.3, 0.4) is 0 Å². The average molecular weight is 401 g/mol. The molecule has 0 aliphatic carbocycles. The first-order valence-corrected chi connectivity index (χ1v) is 9.97. The summed E-state index contributed by atoms with van der Waals surface area (Å²) >= 11 is 1.28. The van der Waals surface area contributed by atoms with Crippen LogP contribution in [-0.4, -0.2) is 56.4 Å². The van der Waals surface area contributed by atoms with Crippen molar-refractivity contribution in [2.24, 2.45) is 0 Å². The van der Waals surface area contributed by atoms with Gasteiger partial charge in [0.05, 0.1) is 40.8 Å². The molecule has 28 heavy (non-hydrogen) atoms. The molecule has 148 valence electrons. The van der Waals surface area contributed by atoms with Crippen molar-refractivity contribution in [3.63, 3.8) is 0 Å². The molecule has 0 aromatic carbocycles. The predicted octanol–water partition coefficient (Wildman–Crippen LogP) is 2.98. The molecular formula is C19H23N5O3S. The Hall–Kier alpha value is -2.52. The Morgan fingerprint density at radius 2 is 2.21 bits per heavy atom. The highest BCUT2D eigenvalue weighted by Gasteiger charge is 2.35. The number of ether oxygens (including phenoxy) is 1. The second kappa shape index (κ2) is 6.82. The van der Waals surface area contributed by atoms with Gasteiger partial charge < -0.3 is 14.7 Å². The Morgan fingerprint density at radius 1 is 1.43 bits per heavy atom. The number of hydrogen-bond donors (Lipinski definition) is 2. The van der Waals surface area contributed by atoms with Crippen LogP contribution in [0.15, 0.2) is 12.1 Å². The van der Waals surface area contributed by atoms with Gasteiger partial charge in [0.25, 0.3) is 0 Å². The molecule has 1 aliphatic heterocycles. The first-order chi connectivity index (χ1) is 13.3. The number of aromatic nitrogens is 4. The van der Waals surface area contributed by atoms with Crippen molar-refractivity contribution in [2.75, 3.05) is 24.7 Å². The highest BCUT2D eigenvalue weighted by molar-refractivity contribution is 7.13. The molecule has 0 unspecified atom stereocenters. The molecule has 0 radical (unpaired) electrons. The van der Waals surface area contributed by atoms with Gasteiger partial charge in [-0.2, -0.15) is 9.47 Å². The first-order valence-electron chi connectivity index (χ1n) is 9.20. The van der Waals surface area contributed by atoms with Crippen LogP contribution in [0.4, 0.5) is 5.82 Å².